The first-order valence-corrected chi connectivity index (χ1v) is 7.68. The van der Waals surface area contributed by atoms with E-state index in [1.165, 1.54) is 0 Å². The van der Waals surface area contributed by atoms with E-state index in [-0.39, 0.29) is 11.9 Å². The van der Waals surface area contributed by atoms with E-state index in [0.29, 0.717) is 5.69 Å². The van der Waals surface area contributed by atoms with E-state index >= 15 is 0 Å². The maximum atomic E-state index is 12.1. The average Bonchev–Trinajstić information content (AvgIpc) is 2.99. The summed E-state index contributed by atoms with van der Waals surface area (Å²) in [4.78, 5) is 20.2. The number of carbonyl (C=O) groups excluding carboxylic acids is 1. The van der Waals surface area contributed by atoms with Crippen molar-refractivity contribution >= 4 is 11.7 Å². The second kappa shape index (κ2) is 7.76. The van der Waals surface area contributed by atoms with Gasteiger partial charge in [-0.25, -0.2) is 4.98 Å². The molecule has 1 N–H and O–H groups in total. The Morgan fingerprint density at radius 3 is 3.09 bits per heavy atom. The van der Waals surface area contributed by atoms with Crippen LogP contribution in [0.3, 0.4) is 0 Å². The lowest BCUT2D eigenvalue weighted by Gasteiger charge is -2.26. The minimum Gasteiger partial charge on any atom is -0.370 e. The van der Waals surface area contributed by atoms with Gasteiger partial charge in [-0.3, -0.25) is 9.69 Å². The summed E-state index contributed by atoms with van der Waals surface area (Å²) in [5.74, 6) is 0.926. The highest BCUT2D eigenvalue weighted by Crippen LogP contribution is 2.18. The van der Waals surface area contributed by atoms with E-state index in [1.807, 2.05) is 32.3 Å². The molecule has 1 amide bonds. The van der Waals surface area contributed by atoms with Gasteiger partial charge in [0.1, 0.15) is 17.6 Å². The van der Waals surface area contributed by atoms with Gasteiger partial charge in [-0.05, 0) is 37.9 Å². The molecule has 22 heavy (non-hydrogen) atoms. The monoisotopic (exact) mass is 301 g/mol. The molecule has 1 aromatic rings. The van der Waals surface area contributed by atoms with E-state index < -0.39 is 0 Å². The highest BCUT2D eigenvalue weighted by atomic mass is 16.2. The van der Waals surface area contributed by atoms with Gasteiger partial charge in [0.05, 0.1) is 6.04 Å². The Labute approximate surface area is 131 Å². The molecule has 6 nitrogen and oxygen atoms in total. The molecule has 1 aromatic heterocycles. The number of aromatic nitrogens is 1. The van der Waals surface area contributed by atoms with Crippen LogP contribution in [0.4, 0.5) is 5.82 Å². The van der Waals surface area contributed by atoms with Crippen molar-refractivity contribution in [3.63, 3.8) is 0 Å². The molecule has 0 spiro atoms. The zero-order valence-corrected chi connectivity index (χ0v) is 13.2. The Hall–Kier alpha value is -2.13. The molecule has 6 heteroatoms. The lowest BCUT2D eigenvalue weighted by atomic mass is 10.2. The van der Waals surface area contributed by atoms with Crippen molar-refractivity contribution in [3.05, 3.63) is 23.9 Å². The van der Waals surface area contributed by atoms with E-state index in [9.17, 15) is 4.79 Å². The summed E-state index contributed by atoms with van der Waals surface area (Å²) in [6.45, 7) is 2.67. The van der Waals surface area contributed by atoms with E-state index in [1.54, 1.807) is 11.0 Å². The van der Waals surface area contributed by atoms with Crippen molar-refractivity contribution in [2.45, 2.75) is 25.3 Å². The van der Waals surface area contributed by atoms with Crippen LogP contribution < -0.4 is 5.32 Å². The second-order valence-corrected chi connectivity index (χ2v) is 5.73. The van der Waals surface area contributed by atoms with E-state index in [4.69, 9.17) is 5.26 Å². The summed E-state index contributed by atoms with van der Waals surface area (Å²) in [6, 6.07) is 7.43. The van der Waals surface area contributed by atoms with Crippen molar-refractivity contribution in [3.8, 4) is 6.07 Å². The average molecular weight is 301 g/mol. The van der Waals surface area contributed by atoms with Gasteiger partial charge in [0.25, 0.3) is 0 Å². The molecule has 0 bridgehead atoms. The Kier molecular flexibility index (Phi) is 5.73. The fourth-order valence-electron chi connectivity index (χ4n) is 2.77. The van der Waals surface area contributed by atoms with Crippen LogP contribution >= 0.6 is 0 Å². The van der Waals surface area contributed by atoms with E-state index in [2.05, 4.69) is 15.2 Å². The molecule has 1 atom stereocenters. The topological polar surface area (TPSA) is 72.3 Å². The molecule has 1 unspecified atom stereocenters. The molecule has 2 heterocycles. The van der Waals surface area contributed by atoms with Gasteiger partial charge in [0.15, 0.2) is 0 Å². The second-order valence-electron chi connectivity index (χ2n) is 5.73. The van der Waals surface area contributed by atoms with Gasteiger partial charge >= 0.3 is 0 Å². The largest absolute Gasteiger partial charge is 0.370 e. The molecule has 0 radical (unpaired) electrons. The number of anilines is 1. The van der Waals surface area contributed by atoms with Gasteiger partial charge in [-0.1, -0.05) is 6.07 Å². The molecule has 118 valence electrons. The quantitative estimate of drug-likeness (QED) is 0.802. The minimum atomic E-state index is 0.0371. The van der Waals surface area contributed by atoms with Crippen LogP contribution in [0.25, 0.3) is 0 Å². The van der Waals surface area contributed by atoms with Crippen LogP contribution in [0, 0.1) is 11.3 Å². The number of likely N-dealkylation sites (N-methyl/N-ethyl adjacent to an activating group) is 1. The molecule has 1 fully saturated rings. The van der Waals surface area contributed by atoms with Gasteiger partial charge in [0.2, 0.25) is 5.91 Å². The number of nitriles is 1. The molecular weight excluding hydrogens is 278 g/mol. The number of hydrogen-bond donors (Lipinski definition) is 1. The lowest BCUT2D eigenvalue weighted by Crippen LogP contribution is -2.43. The van der Waals surface area contributed by atoms with Crippen LogP contribution in [0.2, 0.25) is 0 Å². The number of likely N-dealkylation sites (tertiary alicyclic amines) is 1. The molecule has 0 aromatic carbocycles. The van der Waals surface area contributed by atoms with Gasteiger partial charge in [-0.15, -0.1) is 0 Å². The third-order valence-electron chi connectivity index (χ3n) is 3.88. The Bertz CT molecular complexity index is 552. The lowest BCUT2D eigenvalue weighted by molar-refractivity contribution is -0.133. The van der Waals surface area contributed by atoms with Gasteiger partial charge in [-0.2, -0.15) is 5.26 Å². The molecule has 1 aliphatic rings. The SMILES string of the molecule is CN(C)C(=O)C1CCCN1CCCNc1cccc(C#N)n1. The molecule has 0 aliphatic carbocycles. The molecule has 1 saturated heterocycles. The number of hydrogen-bond acceptors (Lipinski definition) is 5. The van der Waals surface area contributed by atoms with Gasteiger partial charge < -0.3 is 10.2 Å². The predicted molar refractivity (Wildman–Crippen MR) is 85.3 cm³/mol. The summed E-state index contributed by atoms with van der Waals surface area (Å²) in [6.07, 6.45) is 2.98. The molecule has 0 saturated carbocycles. The maximum Gasteiger partial charge on any atom is 0.239 e. The minimum absolute atomic E-state index is 0.0371. The number of pyridine rings is 1. The first-order valence-electron chi connectivity index (χ1n) is 7.68. The maximum absolute atomic E-state index is 12.1. The van der Waals surface area contributed by atoms with Crippen molar-refractivity contribution in [2.75, 3.05) is 39.0 Å². The first kappa shape index (κ1) is 16.2. The number of nitrogens with zero attached hydrogens (tertiary/aromatic N) is 4. The number of nitrogens with one attached hydrogen (secondary N) is 1. The number of carbonyl (C=O) groups is 1. The normalized spacial score (nSPS) is 18.0. The van der Waals surface area contributed by atoms with Crippen LogP contribution in [0.1, 0.15) is 25.0 Å². The molecular formula is C16H23N5O. The van der Waals surface area contributed by atoms with Crippen molar-refractivity contribution in [1.29, 1.82) is 5.26 Å². The Morgan fingerprint density at radius 1 is 1.55 bits per heavy atom. The van der Waals surface area contributed by atoms with Crippen molar-refractivity contribution in [1.82, 2.24) is 14.8 Å². The van der Waals surface area contributed by atoms with Crippen LogP contribution in [-0.2, 0) is 4.79 Å². The standard InChI is InChI=1S/C16H23N5O/c1-20(2)16(22)14-7-4-10-21(14)11-5-9-18-15-8-3-6-13(12-17)19-15/h3,6,8,14H,4-5,7,9-11H2,1-2H3,(H,18,19). The van der Waals surface area contributed by atoms with Crippen molar-refractivity contribution in [2.24, 2.45) is 0 Å². The molecule has 2 rings (SSSR count). The van der Waals surface area contributed by atoms with Gasteiger partial charge in [0, 0.05) is 27.2 Å². The summed E-state index contributed by atoms with van der Waals surface area (Å²) in [5.41, 5.74) is 0.418. The summed E-state index contributed by atoms with van der Waals surface area (Å²) < 4.78 is 0. The Morgan fingerprint density at radius 2 is 2.36 bits per heavy atom. The van der Waals surface area contributed by atoms with Crippen LogP contribution in [0.5, 0.6) is 0 Å². The molecule has 1 aliphatic heterocycles. The predicted octanol–water partition coefficient (Wildman–Crippen LogP) is 1.31. The fraction of sp³-hybridized carbons (Fsp3) is 0.562. The third-order valence-corrected chi connectivity index (χ3v) is 3.88. The van der Waals surface area contributed by atoms with Crippen LogP contribution in [0.15, 0.2) is 18.2 Å². The summed E-state index contributed by atoms with van der Waals surface area (Å²) in [5, 5.41) is 12.0. The fourth-order valence-corrected chi connectivity index (χ4v) is 2.77. The zero-order valence-electron chi connectivity index (χ0n) is 13.2. The first-order chi connectivity index (χ1) is 10.6. The smallest absolute Gasteiger partial charge is 0.239 e. The zero-order chi connectivity index (χ0) is 15.9. The number of amides is 1. The summed E-state index contributed by atoms with van der Waals surface area (Å²) >= 11 is 0. The highest BCUT2D eigenvalue weighted by molar-refractivity contribution is 5.81. The van der Waals surface area contributed by atoms with Crippen LogP contribution in [-0.4, -0.2) is 60.5 Å². The Balaban J connectivity index is 1.76. The number of rotatable bonds is 6. The van der Waals surface area contributed by atoms with E-state index in [0.717, 1.165) is 44.7 Å². The highest BCUT2D eigenvalue weighted by Gasteiger charge is 2.30. The van der Waals surface area contributed by atoms with Crippen molar-refractivity contribution < 1.29 is 4.79 Å². The summed E-state index contributed by atoms with van der Waals surface area (Å²) in [7, 11) is 3.63. The third kappa shape index (κ3) is 4.18.